The zero-order valence-corrected chi connectivity index (χ0v) is 23.5. The number of fused-ring (bicyclic) bond motifs is 1. The second-order valence-corrected chi connectivity index (χ2v) is 12.0. The van der Waals surface area contributed by atoms with Crippen LogP contribution in [0.1, 0.15) is 86.8 Å². The van der Waals surface area contributed by atoms with E-state index in [4.69, 9.17) is 9.47 Å². The Morgan fingerprint density at radius 2 is 1.66 bits per heavy atom. The van der Waals surface area contributed by atoms with Gasteiger partial charge in [0, 0.05) is 6.54 Å². The van der Waals surface area contributed by atoms with Gasteiger partial charge in [-0.25, -0.2) is 0 Å². The number of anilines is 1. The third-order valence-corrected chi connectivity index (χ3v) is 9.55. The summed E-state index contributed by atoms with van der Waals surface area (Å²) < 4.78 is 12.8. The molecule has 6 rings (SSSR count). The molecule has 0 bridgehead atoms. The van der Waals surface area contributed by atoms with Gasteiger partial charge in [-0.15, -0.1) is 0 Å². The van der Waals surface area contributed by atoms with Crippen LogP contribution in [-0.4, -0.2) is 19.3 Å². The van der Waals surface area contributed by atoms with Crippen LogP contribution in [0.15, 0.2) is 66.7 Å². The molecule has 0 spiro atoms. The molecule has 0 N–H and O–H groups in total. The Hall–Kier alpha value is -2.78. The smallest absolute Gasteiger partial charge is 0.142 e. The number of ether oxygens (including phenoxy) is 2. The highest BCUT2D eigenvalue weighted by Gasteiger charge is 2.39. The van der Waals surface area contributed by atoms with Gasteiger partial charge in [0.1, 0.15) is 12.4 Å². The second-order valence-electron chi connectivity index (χ2n) is 12.0. The molecule has 2 aliphatic heterocycles. The Bertz CT molecular complexity index is 1250. The Morgan fingerprint density at radius 1 is 0.842 bits per heavy atom. The van der Waals surface area contributed by atoms with Gasteiger partial charge in [0.15, 0.2) is 0 Å². The van der Waals surface area contributed by atoms with Crippen molar-refractivity contribution in [2.75, 3.05) is 18.1 Å². The minimum atomic E-state index is 0.177. The van der Waals surface area contributed by atoms with Crippen LogP contribution in [0.5, 0.6) is 5.75 Å². The summed E-state index contributed by atoms with van der Waals surface area (Å²) >= 11 is 0. The molecule has 5 atom stereocenters. The van der Waals surface area contributed by atoms with Crippen molar-refractivity contribution in [3.8, 4) is 5.75 Å². The molecule has 3 aromatic rings. The normalized spacial score (nSPS) is 27.1. The fourth-order valence-electron chi connectivity index (χ4n) is 6.74. The van der Waals surface area contributed by atoms with Crippen molar-refractivity contribution in [1.29, 1.82) is 0 Å². The van der Waals surface area contributed by atoms with Gasteiger partial charge < -0.3 is 14.4 Å². The van der Waals surface area contributed by atoms with Crippen LogP contribution in [0, 0.1) is 17.8 Å². The third-order valence-electron chi connectivity index (χ3n) is 9.55. The first-order chi connectivity index (χ1) is 18.5. The summed E-state index contributed by atoms with van der Waals surface area (Å²) in [7, 11) is 0. The zero-order valence-electron chi connectivity index (χ0n) is 23.5. The summed E-state index contributed by atoms with van der Waals surface area (Å²) in [5.74, 6) is 3.50. The van der Waals surface area contributed by atoms with Crippen LogP contribution in [0.3, 0.4) is 0 Å². The average molecular weight is 510 g/mol. The molecule has 1 aliphatic carbocycles. The van der Waals surface area contributed by atoms with Crippen LogP contribution < -0.4 is 9.64 Å². The van der Waals surface area contributed by atoms with Crippen molar-refractivity contribution in [2.45, 2.75) is 78.0 Å². The Morgan fingerprint density at radius 3 is 2.42 bits per heavy atom. The van der Waals surface area contributed by atoms with Crippen molar-refractivity contribution in [3.63, 3.8) is 0 Å². The number of nitrogens with zero attached hydrogens (tertiary/aromatic N) is 1. The molecule has 38 heavy (non-hydrogen) atoms. The molecule has 3 nitrogen and oxygen atoms in total. The Kier molecular flexibility index (Phi) is 7.22. The molecule has 1 saturated heterocycles. The van der Waals surface area contributed by atoms with Gasteiger partial charge in [-0.05, 0) is 89.3 Å². The SMILES string of the molecule is CC[C@H]1O[C@@H](c2ccc(C3CC3)c(Cc3ccc4c(c3)N(Cc3ccccc3)CCO4)c2)[C@H](C)[C@@H](C)[C@@H]1C. The van der Waals surface area contributed by atoms with Crippen LogP contribution in [0.25, 0.3) is 0 Å². The second kappa shape index (κ2) is 10.8. The van der Waals surface area contributed by atoms with E-state index in [9.17, 15) is 0 Å². The van der Waals surface area contributed by atoms with Gasteiger partial charge in [-0.3, -0.25) is 0 Å². The number of benzene rings is 3. The van der Waals surface area contributed by atoms with E-state index < -0.39 is 0 Å². The monoisotopic (exact) mass is 509 g/mol. The lowest BCUT2D eigenvalue weighted by Crippen LogP contribution is -2.40. The summed E-state index contributed by atoms with van der Waals surface area (Å²) in [4.78, 5) is 2.47. The summed E-state index contributed by atoms with van der Waals surface area (Å²) in [6, 6.07) is 24.9. The first kappa shape index (κ1) is 25.5. The van der Waals surface area contributed by atoms with Gasteiger partial charge in [0.05, 0.1) is 24.4 Å². The van der Waals surface area contributed by atoms with Crippen LogP contribution >= 0.6 is 0 Å². The summed E-state index contributed by atoms with van der Waals surface area (Å²) in [6.07, 6.45) is 5.19. The fourth-order valence-corrected chi connectivity index (χ4v) is 6.74. The van der Waals surface area contributed by atoms with Crippen molar-refractivity contribution in [1.82, 2.24) is 0 Å². The molecule has 0 aromatic heterocycles. The highest BCUT2D eigenvalue weighted by molar-refractivity contribution is 5.62. The van der Waals surface area contributed by atoms with E-state index in [1.807, 2.05) is 0 Å². The van der Waals surface area contributed by atoms with E-state index >= 15 is 0 Å². The highest BCUT2D eigenvalue weighted by atomic mass is 16.5. The maximum Gasteiger partial charge on any atom is 0.142 e. The molecule has 3 aliphatic rings. The molecule has 2 fully saturated rings. The third kappa shape index (κ3) is 5.10. The number of hydrogen-bond acceptors (Lipinski definition) is 3. The molecule has 3 heteroatoms. The van der Waals surface area contributed by atoms with E-state index in [1.165, 1.54) is 40.8 Å². The topological polar surface area (TPSA) is 21.7 Å². The van der Waals surface area contributed by atoms with Gasteiger partial charge in [-0.1, -0.05) is 82.3 Å². The average Bonchev–Trinajstić information content (AvgIpc) is 3.78. The van der Waals surface area contributed by atoms with Crippen LogP contribution in [-0.2, 0) is 17.7 Å². The number of rotatable bonds is 7. The minimum Gasteiger partial charge on any atom is -0.490 e. The van der Waals surface area contributed by atoms with Gasteiger partial charge in [0.2, 0.25) is 0 Å². The number of hydrogen-bond donors (Lipinski definition) is 0. The minimum absolute atomic E-state index is 0.177. The molecule has 1 saturated carbocycles. The van der Waals surface area contributed by atoms with E-state index in [0.717, 1.165) is 44.2 Å². The van der Waals surface area contributed by atoms with Crippen LogP contribution in [0.4, 0.5) is 5.69 Å². The standard InChI is InChI=1S/C35H43NO2/c1-5-33-24(3)23(2)25(4)35(38-33)29-14-15-31(28-12-13-28)30(21-29)19-27-11-16-34-32(20-27)36(17-18-37-34)22-26-9-7-6-8-10-26/h6-11,14-16,20-21,23-25,28,33,35H,5,12-13,17-19,22H2,1-4H3/t23-,24-,25+,33+,35+/m0/s1. The van der Waals surface area contributed by atoms with E-state index in [1.54, 1.807) is 5.56 Å². The molecule has 2 heterocycles. The molecule has 0 amide bonds. The van der Waals surface area contributed by atoms with E-state index in [-0.39, 0.29) is 6.10 Å². The molecule has 3 aromatic carbocycles. The fraction of sp³-hybridized carbons (Fsp3) is 0.486. The van der Waals surface area contributed by atoms with Crippen LogP contribution in [0.2, 0.25) is 0 Å². The van der Waals surface area contributed by atoms with E-state index in [0.29, 0.717) is 23.9 Å². The van der Waals surface area contributed by atoms with E-state index in [2.05, 4.69) is 99.3 Å². The van der Waals surface area contributed by atoms with Crippen molar-refractivity contribution >= 4 is 5.69 Å². The maximum absolute atomic E-state index is 6.76. The van der Waals surface area contributed by atoms with Crippen molar-refractivity contribution in [2.24, 2.45) is 17.8 Å². The zero-order chi connectivity index (χ0) is 26.2. The largest absolute Gasteiger partial charge is 0.490 e. The first-order valence-electron chi connectivity index (χ1n) is 14.8. The van der Waals surface area contributed by atoms with Gasteiger partial charge >= 0.3 is 0 Å². The lowest BCUT2D eigenvalue weighted by atomic mass is 9.74. The molecule has 200 valence electrons. The predicted molar refractivity (Wildman–Crippen MR) is 156 cm³/mol. The van der Waals surface area contributed by atoms with Crippen molar-refractivity contribution < 1.29 is 9.47 Å². The predicted octanol–water partition coefficient (Wildman–Crippen LogP) is 8.31. The lowest BCUT2D eigenvalue weighted by molar-refractivity contribution is -0.136. The molecule has 0 radical (unpaired) electrons. The molecule has 0 unspecified atom stereocenters. The summed E-state index contributed by atoms with van der Waals surface area (Å²) in [5.41, 5.74) is 8.30. The highest BCUT2D eigenvalue weighted by Crippen LogP contribution is 2.46. The first-order valence-corrected chi connectivity index (χ1v) is 14.8. The summed E-state index contributed by atoms with van der Waals surface area (Å²) in [6.45, 7) is 12.0. The lowest BCUT2D eigenvalue weighted by Gasteiger charge is -2.44. The quantitative estimate of drug-likeness (QED) is 0.320. The Labute approximate surface area is 229 Å². The van der Waals surface area contributed by atoms with Crippen molar-refractivity contribution in [3.05, 3.63) is 94.5 Å². The summed E-state index contributed by atoms with van der Waals surface area (Å²) in [5, 5.41) is 0. The molecular weight excluding hydrogens is 466 g/mol. The van der Waals surface area contributed by atoms with Gasteiger partial charge in [-0.2, -0.15) is 0 Å². The molecular formula is C35H43NO2. The Balaban J connectivity index is 1.29. The maximum atomic E-state index is 6.76. The van der Waals surface area contributed by atoms with Gasteiger partial charge in [0.25, 0.3) is 0 Å².